The molecule has 1 N–H and O–H groups in total. The summed E-state index contributed by atoms with van der Waals surface area (Å²) in [5.41, 5.74) is 1.43. The fraction of sp³-hybridized carbons (Fsp3) is 0.0625. The van der Waals surface area contributed by atoms with Gasteiger partial charge in [-0.25, -0.2) is 9.38 Å². The standard InChI is InChI=1S/C16H12ClN5O/c1-2-7-18-16-19-12-9-10(17)5-6-11(12)14-20-21-15(22(14)16)13-4-3-8-23-13/h2-6,8-9H,1,7H2,(H,18,19). The zero-order valence-corrected chi connectivity index (χ0v) is 12.8. The maximum Gasteiger partial charge on any atom is 0.211 e. The highest BCUT2D eigenvalue weighted by Gasteiger charge is 2.17. The molecular formula is C16H12ClN5O. The van der Waals surface area contributed by atoms with Crippen molar-refractivity contribution in [3.8, 4) is 11.6 Å². The van der Waals surface area contributed by atoms with Gasteiger partial charge < -0.3 is 9.73 Å². The fourth-order valence-electron chi connectivity index (χ4n) is 2.46. The van der Waals surface area contributed by atoms with Gasteiger partial charge >= 0.3 is 0 Å². The van der Waals surface area contributed by atoms with Crippen LogP contribution in [-0.2, 0) is 0 Å². The zero-order valence-electron chi connectivity index (χ0n) is 12.0. The Bertz CT molecular complexity index is 1010. The number of furan rings is 1. The molecule has 23 heavy (non-hydrogen) atoms. The van der Waals surface area contributed by atoms with Crippen LogP contribution in [-0.4, -0.2) is 26.1 Å². The van der Waals surface area contributed by atoms with Crippen LogP contribution >= 0.6 is 11.6 Å². The molecule has 0 atom stereocenters. The van der Waals surface area contributed by atoms with Crippen LogP contribution in [0.25, 0.3) is 28.1 Å². The highest BCUT2D eigenvalue weighted by molar-refractivity contribution is 6.31. The van der Waals surface area contributed by atoms with Gasteiger partial charge in [-0.3, -0.25) is 0 Å². The fourth-order valence-corrected chi connectivity index (χ4v) is 2.62. The lowest BCUT2D eigenvalue weighted by molar-refractivity contribution is 0.576. The average Bonchev–Trinajstić information content (AvgIpc) is 3.21. The van der Waals surface area contributed by atoms with Gasteiger partial charge in [-0.2, -0.15) is 0 Å². The molecule has 6 nitrogen and oxygen atoms in total. The Morgan fingerprint density at radius 2 is 2.22 bits per heavy atom. The van der Waals surface area contributed by atoms with E-state index < -0.39 is 0 Å². The smallest absolute Gasteiger partial charge is 0.211 e. The van der Waals surface area contributed by atoms with Crippen molar-refractivity contribution in [3.63, 3.8) is 0 Å². The number of anilines is 1. The van der Waals surface area contributed by atoms with Crippen molar-refractivity contribution in [1.29, 1.82) is 0 Å². The second-order valence-electron chi connectivity index (χ2n) is 4.93. The van der Waals surface area contributed by atoms with E-state index in [0.717, 1.165) is 10.9 Å². The molecule has 4 rings (SSSR count). The third-order valence-electron chi connectivity index (χ3n) is 3.45. The number of hydrogen-bond acceptors (Lipinski definition) is 5. The second-order valence-corrected chi connectivity index (χ2v) is 5.36. The minimum Gasteiger partial charge on any atom is -0.461 e. The number of benzene rings is 1. The molecule has 0 aliphatic heterocycles. The van der Waals surface area contributed by atoms with Crippen LogP contribution in [0.3, 0.4) is 0 Å². The van der Waals surface area contributed by atoms with E-state index in [9.17, 15) is 0 Å². The van der Waals surface area contributed by atoms with E-state index in [0.29, 0.717) is 34.7 Å². The lowest BCUT2D eigenvalue weighted by Crippen LogP contribution is -2.07. The summed E-state index contributed by atoms with van der Waals surface area (Å²) in [4.78, 5) is 4.64. The molecule has 0 radical (unpaired) electrons. The molecule has 4 aromatic rings. The first-order chi connectivity index (χ1) is 11.3. The quantitative estimate of drug-likeness (QED) is 0.578. The Balaban J connectivity index is 2.07. The minimum atomic E-state index is 0.559. The number of hydrogen-bond donors (Lipinski definition) is 1. The van der Waals surface area contributed by atoms with Crippen molar-refractivity contribution in [3.05, 3.63) is 54.3 Å². The molecular weight excluding hydrogens is 314 g/mol. The average molecular weight is 326 g/mol. The Morgan fingerprint density at radius 1 is 1.30 bits per heavy atom. The Morgan fingerprint density at radius 3 is 3.00 bits per heavy atom. The highest BCUT2D eigenvalue weighted by Crippen LogP contribution is 2.28. The van der Waals surface area contributed by atoms with Crippen molar-refractivity contribution in [2.24, 2.45) is 0 Å². The zero-order chi connectivity index (χ0) is 15.8. The highest BCUT2D eigenvalue weighted by atomic mass is 35.5. The Hall–Kier alpha value is -2.86. The van der Waals surface area contributed by atoms with Crippen LogP contribution in [0.2, 0.25) is 5.02 Å². The van der Waals surface area contributed by atoms with Gasteiger partial charge in [-0.05, 0) is 30.3 Å². The van der Waals surface area contributed by atoms with Crippen LogP contribution in [0.5, 0.6) is 0 Å². The summed E-state index contributed by atoms with van der Waals surface area (Å²) in [5, 5.41) is 13.3. The van der Waals surface area contributed by atoms with E-state index in [1.807, 2.05) is 28.7 Å². The van der Waals surface area contributed by atoms with Gasteiger partial charge in [0.15, 0.2) is 11.4 Å². The van der Waals surface area contributed by atoms with E-state index >= 15 is 0 Å². The summed E-state index contributed by atoms with van der Waals surface area (Å²) < 4.78 is 7.29. The molecule has 3 heterocycles. The van der Waals surface area contributed by atoms with E-state index in [1.165, 1.54) is 0 Å². The monoisotopic (exact) mass is 325 g/mol. The predicted molar refractivity (Wildman–Crippen MR) is 89.7 cm³/mol. The van der Waals surface area contributed by atoms with E-state index in [4.69, 9.17) is 16.0 Å². The number of halogens is 1. The molecule has 0 bridgehead atoms. The van der Waals surface area contributed by atoms with Crippen LogP contribution in [0, 0.1) is 0 Å². The van der Waals surface area contributed by atoms with E-state index in [1.54, 1.807) is 18.4 Å². The minimum absolute atomic E-state index is 0.559. The molecule has 3 aromatic heterocycles. The van der Waals surface area contributed by atoms with Crippen LogP contribution in [0.1, 0.15) is 0 Å². The van der Waals surface area contributed by atoms with Gasteiger partial charge in [0.1, 0.15) is 0 Å². The van der Waals surface area contributed by atoms with Gasteiger partial charge in [-0.1, -0.05) is 17.7 Å². The van der Waals surface area contributed by atoms with Gasteiger partial charge in [-0.15, -0.1) is 16.8 Å². The van der Waals surface area contributed by atoms with E-state index in [2.05, 4.69) is 27.1 Å². The molecule has 7 heteroatoms. The summed E-state index contributed by atoms with van der Waals surface area (Å²) >= 11 is 6.08. The molecule has 114 valence electrons. The van der Waals surface area contributed by atoms with E-state index in [-0.39, 0.29) is 0 Å². The van der Waals surface area contributed by atoms with Crippen LogP contribution < -0.4 is 5.32 Å². The van der Waals surface area contributed by atoms with Gasteiger partial charge in [0, 0.05) is 17.0 Å². The first kappa shape index (κ1) is 13.8. The summed E-state index contributed by atoms with van der Waals surface area (Å²) in [6.45, 7) is 4.28. The number of rotatable bonds is 4. The van der Waals surface area contributed by atoms with Crippen molar-refractivity contribution in [2.75, 3.05) is 11.9 Å². The molecule has 0 spiro atoms. The summed E-state index contributed by atoms with van der Waals surface area (Å²) in [6, 6.07) is 9.14. The summed E-state index contributed by atoms with van der Waals surface area (Å²) in [7, 11) is 0. The summed E-state index contributed by atoms with van der Waals surface area (Å²) in [6.07, 6.45) is 3.36. The molecule has 0 saturated heterocycles. The third kappa shape index (κ3) is 2.24. The van der Waals surface area contributed by atoms with Crippen molar-refractivity contribution < 1.29 is 4.42 Å². The van der Waals surface area contributed by atoms with Gasteiger partial charge in [0.25, 0.3) is 0 Å². The maximum absolute atomic E-state index is 6.08. The van der Waals surface area contributed by atoms with Crippen LogP contribution in [0.15, 0.2) is 53.7 Å². The molecule has 0 unspecified atom stereocenters. The largest absolute Gasteiger partial charge is 0.461 e. The molecule has 0 amide bonds. The SMILES string of the molecule is C=CCNc1nc2cc(Cl)ccc2c2nnc(-c3ccco3)n12. The molecule has 0 saturated carbocycles. The topological polar surface area (TPSA) is 68.2 Å². The van der Waals surface area contributed by atoms with Crippen LogP contribution in [0.4, 0.5) is 5.95 Å². The van der Waals surface area contributed by atoms with Crippen molar-refractivity contribution in [2.45, 2.75) is 0 Å². The lowest BCUT2D eigenvalue weighted by Gasteiger charge is -2.09. The maximum atomic E-state index is 6.08. The van der Waals surface area contributed by atoms with Gasteiger partial charge in [0.05, 0.1) is 11.8 Å². The Labute approximate surface area is 136 Å². The first-order valence-electron chi connectivity index (χ1n) is 7.01. The molecule has 0 aliphatic carbocycles. The molecule has 1 aromatic carbocycles. The normalized spacial score (nSPS) is 11.2. The molecule has 0 aliphatic rings. The number of aromatic nitrogens is 4. The predicted octanol–water partition coefficient (Wildman–Crippen LogP) is 3.79. The van der Waals surface area contributed by atoms with Gasteiger partial charge in [0.2, 0.25) is 11.8 Å². The van der Waals surface area contributed by atoms with Crippen molar-refractivity contribution in [1.82, 2.24) is 19.6 Å². The second kappa shape index (κ2) is 5.40. The lowest BCUT2D eigenvalue weighted by atomic mass is 10.2. The molecule has 0 fully saturated rings. The number of nitrogens with one attached hydrogen (secondary N) is 1. The summed E-state index contributed by atoms with van der Waals surface area (Å²) in [5.74, 6) is 1.81. The van der Waals surface area contributed by atoms with Crippen molar-refractivity contribution >= 4 is 34.1 Å². The Kier molecular flexibility index (Phi) is 3.24. The number of nitrogens with zero attached hydrogens (tertiary/aromatic N) is 4. The number of fused-ring (bicyclic) bond motifs is 3. The first-order valence-corrected chi connectivity index (χ1v) is 7.39. The third-order valence-corrected chi connectivity index (χ3v) is 3.68.